The van der Waals surface area contributed by atoms with Crippen LogP contribution in [0, 0.1) is 0 Å². The van der Waals surface area contributed by atoms with Crippen LogP contribution in [-0.2, 0) is 21.7 Å². The van der Waals surface area contributed by atoms with Crippen molar-refractivity contribution in [3.8, 4) is 0 Å². The number of fused-ring (bicyclic) bond motifs is 4. The Morgan fingerprint density at radius 1 is 0.417 bits per heavy atom. The third kappa shape index (κ3) is 5.01. The van der Waals surface area contributed by atoms with Crippen molar-refractivity contribution in [2.24, 2.45) is 0 Å². The Morgan fingerprint density at radius 3 is 1.02 bits per heavy atom. The Hall–Kier alpha value is -3.92. The molecule has 0 spiro atoms. The number of hydrogen-bond acceptors (Lipinski definition) is 4. The number of rotatable bonds is 5. The maximum Gasteiger partial charge on any atom is 0.0953 e. The molecule has 8 rings (SSSR count). The zero-order chi connectivity index (χ0) is 33.6. The number of para-hydroxylation sites is 2. The van der Waals surface area contributed by atoms with E-state index in [0.29, 0.717) is 0 Å². The Bertz CT molecular complexity index is 1720. The molecular formula is C44H54N4. The molecule has 0 saturated heterocycles. The zero-order valence-corrected chi connectivity index (χ0v) is 30.5. The van der Waals surface area contributed by atoms with Crippen molar-refractivity contribution < 1.29 is 0 Å². The summed E-state index contributed by atoms with van der Waals surface area (Å²) < 4.78 is 0. The Labute approximate surface area is 289 Å². The summed E-state index contributed by atoms with van der Waals surface area (Å²) in [6, 6.07) is 32.3. The van der Waals surface area contributed by atoms with E-state index in [1.807, 2.05) is 0 Å². The molecule has 48 heavy (non-hydrogen) atoms. The van der Waals surface area contributed by atoms with E-state index in [1.165, 1.54) is 82.1 Å². The first-order chi connectivity index (χ1) is 22.8. The Morgan fingerprint density at radius 2 is 0.708 bits per heavy atom. The molecule has 0 N–H and O–H groups in total. The lowest BCUT2D eigenvalue weighted by molar-refractivity contribution is 0.332. The highest BCUT2D eigenvalue weighted by Crippen LogP contribution is 2.54. The smallest absolute Gasteiger partial charge is 0.0953 e. The molecule has 4 aromatic rings. The SMILES string of the molecule is CC1(C)CCC(C)(C)c2cc3c(cc21)N(CCN1CN(c2ccccc2)c2cc4c(cc21)C(C)(C)CCC4(C)C)CN3c1ccccc1. The molecule has 4 heteroatoms. The summed E-state index contributed by atoms with van der Waals surface area (Å²) in [5.74, 6) is 0. The van der Waals surface area contributed by atoms with Gasteiger partial charge < -0.3 is 19.6 Å². The molecule has 0 atom stereocenters. The van der Waals surface area contributed by atoms with Crippen LogP contribution in [0.3, 0.4) is 0 Å². The monoisotopic (exact) mass is 638 g/mol. The number of benzene rings is 4. The average Bonchev–Trinajstić information content (AvgIpc) is 3.62. The van der Waals surface area contributed by atoms with Crippen LogP contribution in [-0.4, -0.2) is 26.4 Å². The highest BCUT2D eigenvalue weighted by atomic mass is 15.4. The molecule has 4 aromatic carbocycles. The second-order valence-corrected chi connectivity index (χ2v) is 17.6. The van der Waals surface area contributed by atoms with E-state index in [2.05, 4.69) is 160 Å². The molecule has 0 radical (unpaired) electrons. The minimum Gasteiger partial charge on any atom is -0.350 e. The molecule has 4 nitrogen and oxygen atoms in total. The van der Waals surface area contributed by atoms with Gasteiger partial charge in [-0.05, 0) is 118 Å². The van der Waals surface area contributed by atoms with Gasteiger partial charge in [-0.3, -0.25) is 0 Å². The standard InChI is InChI=1S/C44H54N4/c1-41(2)19-21-43(5,6)35-27-39-37(25-33(35)41)45(29-47(39)31-15-11-9-12-16-31)23-24-46-30-48(32-17-13-10-14-18-32)40-28-36-34(26-38(40)46)42(3,4)20-22-44(36,7)8/h9-18,25-28H,19-24,29-30H2,1-8H3. The zero-order valence-electron chi connectivity index (χ0n) is 30.5. The minimum absolute atomic E-state index is 0.176. The summed E-state index contributed by atoms with van der Waals surface area (Å²) in [6.45, 7) is 23.2. The van der Waals surface area contributed by atoms with E-state index in [4.69, 9.17) is 0 Å². The van der Waals surface area contributed by atoms with Crippen LogP contribution in [0.4, 0.5) is 34.1 Å². The van der Waals surface area contributed by atoms with Crippen LogP contribution >= 0.6 is 0 Å². The number of nitrogens with zero attached hydrogens (tertiary/aromatic N) is 4. The topological polar surface area (TPSA) is 13.0 Å². The fraction of sp³-hybridized carbons (Fsp3) is 0.455. The van der Waals surface area contributed by atoms with E-state index >= 15 is 0 Å². The average molecular weight is 639 g/mol. The van der Waals surface area contributed by atoms with Crippen molar-refractivity contribution in [1.29, 1.82) is 0 Å². The second-order valence-electron chi connectivity index (χ2n) is 17.6. The first kappa shape index (κ1) is 31.4. The third-order valence-corrected chi connectivity index (χ3v) is 12.6. The van der Waals surface area contributed by atoms with Crippen molar-refractivity contribution in [2.75, 3.05) is 46.0 Å². The maximum absolute atomic E-state index is 2.65. The van der Waals surface area contributed by atoms with Gasteiger partial charge in [0.25, 0.3) is 0 Å². The van der Waals surface area contributed by atoms with Gasteiger partial charge in [0.1, 0.15) is 0 Å². The van der Waals surface area contributed by atoms with E-state index in [1.54, 1.807) is 0 Å². The fourth-order valence-electron chi connectivity index (χ4n) is 9.05. The van der Waals surface area contributed by atoms with Crippen molar-refractivity contribution in [1.82, 2.24) is 0 Å². The summed E-state index contributed by atoms with van der Waals surface area (Å²) in [6.07, 6.45) is 4.91. The fourth-order valence-corrected chi connectivity index (χ4v) is 9.05. The second kappa shape index (κ2) is 10.8. The number of hydrogen-bond donors (Lipinski definition) is 0. The highest BCUT2D eigenvalue weighted by molar-refractivity contribution is 5.86. The first-order valence-corrected chi connectivity index (χ1v) is 18.3. The van der Waals surface area contributed by atoms with Crippen LogP contribution in [0.2, 0.25) is 0 Å². The Kier molecular flexibility index (Phi) is 7.05. The molecule has 0 amide bonds. The summed E-state index contributed by atoms with van der Waals surface area (Å²) in [5.41, 5.74) is 14.9. The lowest BCUT2D eigenvalue weighted by Crippen LogP contribution is -2.38. The van der Waals surface area contributed by atoms with Crippen LogP contribution in [0.5, 0.6) is 0 Å². The molecule has 0 unspecified atom stereocenters. The number of anilines is 6. The van der Waals surface area contributed by atoms with Gasteiger partial charge in [-0.2, -0.15) is 0 Å². The van der Waals surface area contributed by atoms with E-state index < -0.39 is 0 Å². The van der Waals surface area contributed by atoms with Gasteiger partial charge in [0.15, 0.2) is 0 Å². The van der Waals surface area contributed by atoms with Crippen molar-refractivity contribution in [3.05, 3.63) is 107 Å². The molecule has 0 fully saturated rings. The van der Waals surface area contributed by atoms with E-state index in [0.717, 1.165) is 26.4 Å². The molecule has 0 saturated carbocycles. The van der Waals surface area contributed by atoms with Gasteiger partial charge in [0, 0.05) is 24.5 Å². The van der Waals surface area contributed by atoms with E-state index in [-0.39, 0.29) is 21.7 Å². The van der Waals surface area contributed by atoms with Gasteiger partial charge in [0.05, 0.1) is 36.1 Å². The van der Waals surface area contributed by atoms with Gasteiger partial charge >= 0.3 is 0 Å². The lowest BCUT2D eigenvalue weighted by Gasteiger charge is -2.42. The van der Waals surface area contributed by atoms with Gasteiger partial charge in [-0.1, -0.05) is 91.8 Å². The molecule has 4 aliphatic rings. The van der Waals surface area contributed by atoms with Gasteiger partial charge in [-0.25, -0.2) is 0 Å². The van der Waals surface area contributed by atoms with Crippen molar-refractivity contribution in [2.45, 2.75) is 103 Å². The molecule has 2 aliphatic carbocycles. The lowest BCUT2D eigenvalue weighted by atomic mass is 9.63. The van der Waals surface area contributed by atoms with Crippen molar-refractivity contribution >= 4 is 34.1 Å². The quantitative estimate of drug-likeness (QED) is 0.216. The third-order valence-electron chi connectivity index (χ3n) is 12.6. The highest BCUT2D eigenvalue weighted by Gasteiger charge is 2.42. The van der Waals surface area contributed by atoms with Crippen LogP contribution in [0.1, 0.15) is 103 Å². The summed E-state index contributed by atoms with van der Waals surface area (Å²) in [4.78, 5) is 10.4. The molecule has 0 bridgehead atoms. The first-order valence-electron chi connectivity index (χ1n) is 18.3. The maximum atomic E-state index is 2.65. The van der Waals surface area contributed by atoms with Gasteiger partial charge in [-0.15, -0.1) is 0 Å². The van der Waals surface area contributed by atoms with Crippen LogP contribution in [0.25, 0.3) is 0 Å². The Balaban J connectivity index is 1.18. The largest absolute Gasteiger partial charge is 0.350 e. The predicted octanol–water partition coefficient (Wildman–Crippen LogP) is 10.9. The van der Waals surface area contributed by atoms with E-state index in [9.17, 15) is 0 Å². The minimum atomic E-state index is 0.176. The molecule has 250 valence electrons. The molecule has 0 aromatic heterocycles. The molecular weight excluding hydrogens is 585 g/mol. The summed E-state index contributed by atoms with van der Waals surface area (Å²) >= 11 is 0. The van der Waals surface area contributed by atoms with Crippen LogP contribution < -0.4 is 19.6 Å². The normalized spacial score (nSPS) is 21.1. The summed E-state index contributed by atoms with van der Waals surface area (Å²) in [5, 5.41) is 0. The van der Waals surface area contributed by atoms with Crippen LogP contribution in [0.15, 0.2) is 84.9 Å². The molecule has 2 heterocycles. The van der Waals surface area contributed by atoms with Crippen molar-refractivity contribution in [3.63, 3.8) is 0 Å². The van der Waals surface area contributed by atoms with Gasteiger partial charge in [0.2, 0.25) is 0 Å². The summed E-state index contributed by atoms with van der Waals surface area (Å²) in [7, 11) is 0. The predicted molar refractivity (Wildman–Crippen MR) is 205 cm³/mol. The molecule has 2 aliphatic heterocycles.